The van der Waals surface area contributed by atoms with E-state index in [0.717, 1.165) is 25.9 Å². The largest absolute Gasteiger partial charge is 0.377 e. The van der Waals surface area contributed by atoms with E-state index >= 15 is 0 Å². The normalized spacial score (nSPS) is 24.8. The fourth-order valence-corrected chi connectivity index (χ4v) is 2.99. The molecule has 1 aromatic rings. The number of likely N-dealkylation sites (N-methyl/N-ethyl adjacent to an activating group) is 1. The van der Waals surface area contributed by atoms with Crippen LogP contribution in [0.4, 0.5) is 0 Å². The Kier molecular flexibility index (Phi) is 5.37. The number of benzene rings is 1. The summed E-state index contributed by atoms with van der Waals surface area (Å²) in [5, 5.41) is 0. The quantitative estimate of drug-likeness (QED) is 0.853. The molecule has 2 N–H and O–H groups in total. The van der Waals surface area contributed by atoms with Crippen molar-refractivity contribution in [3.8, 4) is 0 Å². The number of ether oxygens (including phenoxy) is 1. The summed E-state index contributed by atoms with van der Waals surface area (Å²) >= 11 is 0. The first kappa shape index (κ1) is 14.5. The summed E-state index contributed by atoms with van der Waals surface area (Å²) in [5.74, 6) is 0. The van der Waals surface area contributed by atoms with Crippen molar-refractivity contribution >= 4 is 0 Å². The van der Waals surface area contributed by atoms with Crippen molar-refractivity contribution in [3.05, 3.63) is 35.9 Å². The molecule has 1 aliphatic heterocycles. The highest BCUT2D eigenvalue weighted by Gasteiger charge is 2.30. The van der Waals surface area contributed by atoms with Gasteiger partial charge < -0.3 is 10.5 Å². The standard InChI is InChI=1S/C16H26N2O/c1-13-16(10-11-19-13)18(2)15(12-17)9-8-14-6-4-3-5-7-14/h3-7,13,15-16H,8-12,17H2,1-2H3. The average molecular weight is 262 g/mol. The Morgan fingerprint density at radius 1 is 1.37 bits per heavy atom. The number of aryl methyl sites for hydroxylation is 1. The van der Waals surface area contributed by atoms with Gasteiger partial charge in [-0.3, -0.25) is 4.90 Å². The maximum atomic E-state index is 5.97. The topological polar surface area (TPSA) is 38.5 Å². The first-order valence-electron chi connectivity index (χ1n) is 7.30. The van der Waals surface area contributed by atoms with Crippen LogP contribution >= 0.6 is 0 Å². The molecular formula is C16H26N2O. The minimum atomic E-state index is 0.329. The molecule has 3 unspecified atom stereocenters. The first-order chi connectivity index (χ1) is 9.22. The molecule has 1 aromatic carbocycles. The van der Waals surface area contributed by atoms with Crippen molar-refractivity contribution in [1.29, 1.82) is 0 Å². The van der Waals surface area contributed by atoms with E-state index in [9.17, 15) is 0 Å². The van der Waals surface area contributed by atoms with Crippen LogP contribution in [0.2, 0.25) is 0 Å². The Hall–Kier alpha value is -0.900. The fourth-order valence-electron chi connectivity index (χ4n) is 2.99. The van der Waals surface area contributed by atoms with Crippen LogP contribution in [0.25, 0.3) is 0 Å². The molecule has 19 heavy (non-hydrogen) atoms. The Balaban J connectivity index is 1.89. The molecule has 0 bridgehead atoms. The second kappa shape index (κ2) is 7.04. The molecule has 0 amide bonds. The summed E-state index contributed by atoms with van der Waals surface area (Å²) in [6.45, 7) is 3.76. The number of nitrogens with zero attached hydrogens (tertiary/aromatic N) is 1. The van der Waals surface area contributed by atoms with E-state index in [1.54, 1.807) is 0 Å². The van der Waals surface area contributed by atoms with Crippen molar-refractivity contribution in [2.75, 3.05) is 20.2 Å². The van der Waals surface area contributed by atoms with Crippen LogP contribution in [0, 0.1) is 0 Å². The van der Waals surface area contributed by atoms with Gasteiger partial charge in [0.15, 0.2) is 0 Å². The van der Waals surface area contributed by atoms with Gasteiger partial charge in [0.25, 0.3) is 0 Å². The summed E-state index contributed by atoms with van der Waals surface area (Å²) in [6.07, 6.45) is 3.66. The monoisotopic (exact) mass is 262 g/mol. The third-order valence-electron chi connectivity index (χ3n) is 4.32. The van der Waals surface area contributed by atoms with Gasteiger partial charge in [-0.1, -0.05) is 30.3 Å². The zero-order chi connectivity index (χ0) is 13.7. The van der Waals surface area contributed by atoms with Gasteiger partial charge in [-0.05, 0) is 38.8 Å². The number of rotatable bonds is 6. The molecule has 2 rings (SSSR count). The lowest BCUT2D eigenvalue weighted by molar-refractivity contribution is 0.0671. The van der Waals surface area contributed by atoms with Crippen molar-refractivity contribution in [3.63, 3.8) is 0 Å². The van der Waals surface area contributed by atoms with Crippen molar-refractivity contribution in [2.24, 2.45) is 5.73 Å². The second-order valence-electron chi connectivity index (χ2n) is 5.51. The van der Waals surface area contributed by atoms with E-state index in [4.69, 9.17) is 10.5 Å². The van der Waals surface area contributed by atoms with Crippen LogP contribution < -0.4 is 5.73 Å². The molecule has 0 spiro atoms. The van der Waals surface area contributed by atoms with Gasteiger partial charge in [-0.15, -0.1) is 0 Å². The molecule has 0 saturated carbocycles. The van der Waals surface area contributed by atoms with Crippen molar-refractivity contribution in [1.82, 2.24) is 4.90 Å². The van der Waals surface area contributed by atoms with E-state index < -0.39 is 0 Å². The highest BCUT2D eigenvalue weighted by atomic mass is 16.5. The molecule has 106 valence electrons. The molecular weight excluding hydrogens is 236 g/mol. The van der Waals surface area contributed by atoms with Gasteiger partial charge in [-0.2, -0.15) is 0 Å². The maximum Gasteiger partial charge on any atom is 0.0703 e. The van der Waals surface area contributed by atoms with Gasteiger partial charge in [0.05, 0.1) is 6.10 Å². The van der Waals surface area contributed by atoms with Gasteiger partial charge >= 0.3 is 0 Å². The Morgan fingerprint density at radius 3 is 2.68 bits per heavy atom. The van der Waals surface area contributed by atoms with Crippen LogP contribution in [0.15, 0.2) is 30.3 Å². The molecule has 3 atom stereocenters. The predicted octanol–water partition coefficient (Wildman–Crippen LogP) is 2.06. The van der Waals surface area contributed by atoms with Crippen LogP contribution in [0.3, 0.4) is 0 Å². The molecule has 1 aliphatic rings. The lowest BCUT2D eigenvalue weighted by Crippen LogP contribution is -2.47. The second-order valence-corrected chi connectivity index (χ2v) is 5.51. The van der Waals surface area contributed by atoms with Crippen LogP contribution in [0.1, 0.15) is 25.3 Å². The summed E-state index contributed by atoms with van der Waals surface area (Å²) < 4.78 is 5.66. The molecule has 3 nitrogen and oxygen atoms in total. The van der Waals surface area contributed by atoms with E-state index in [0.29, 0.717) is 24.7 Å². The van der Waals surface area contributed by atoms with E-state index in [1.807, 2.05) is 0 Å². The Labute approximate surface area is 116 Å². The van der Waals surface area contributed by atoms with Crippen LogP contribution in [-0.4, -0.2) is 43.3 Å². The summed E-state index contributed by atoms with van der Waals surface area (Å²) in [7, 11) is 2.19. The summed E-state index contributed by atoms with van der Waals surface area (Å²) in [5.41, 5.74) is 7.36. The average Bonchev–Trinajstić information content (AvgIpc) is 2.86. The fraction of sp³-hybridized carbons (Fsp3) is 0.625. The molecule has 1 fully saturated rings. The molecule has 0 aliphatic carbocycles. The lowest BCUT2D eigenvalue weighted by Gasteiger charge is -2.34. The minimum Gasteiger partial charge on any atom is -0.377 e. The van der Waals surface area contributed by atoms with E-state index in [2.05, 4.69) is 49.2 Å². The number of hydrogen-bond acceptors (Lipinski definition) is 3. The van der Waals surface area contributed by atoms with Gasteiger partial charge in [-0.25, -0.2) is 0 Å². The smallest absolute Gasteiger partial charge is 0.0703 e. The molecule has 0 radical (unpaired) electrons. The molecule has 0 aromatic heterocycles. The maximum absolute atomic E-state index is 5.97. The van der Waals surface area contributed by atoms with Crippen LogP contribution in [0.5, 0.6) is 0 Å². The minimum absolute atomic E-state index is 0.329. The SMILES string of the molecule is CC1OCCC1N(C)C(CN)CCc1ccccc1. The first-order valence-corrected chi connectivity index (χ1v) is 7.30. The molecule has 1 saturated heterocycles. The van der Waals surface area contributed by atoms with Crippen molar-refractivity contribution < 1.29 is 4.74 Å². The van der Waals surface area contributed by atoms with Gasteiger partial charge in [0.1, 0.15) is 0 Å². The predicted molar refractivity (Wildman–Crippen MR) is 79.2 cm³/mol. The number of hydrogen-bond donors (Lipinski definition) is 1. The van der Waals surface area contributed by atoms with Gasteiger partial charge in [0, 0.05) is 25.2 Å². The highest BCUT2D eigenvalue weighted by Crippen LogP contribution is 2.21. The van der Waals surface area contributed by atoms with E-state index in [1.165, 1.54) is 5.56 Å². The Morgan fingerprint density at radius 2 is 2.11 bits per heavy atom. The van der Waals surface area contributed by atoms with Gasteiger partial charge in [0.2, 0.25) is 0 Å². The zero-order valence-corrected chi connectivity index (χ0v) is 12.1. The zero-order valence-electron chi connectivity index (χ0n) is 12.1. The van der Waals surface area contributed by atoms with E-state index in [-0.39, 0.29) is 0 Å². The summed E-state index contributed by atoms with van der Waals surface area (Å²) in [4.78, 5) is 2.43. The Bertz CT molecular complexity index is 368. The third-order valence-corrected chi connectivity index (χ3v) is 4.32. The highest BCUT2D eigenvalue weighted by molar-refractivity contribution is 5.14. The number of nitrogens with two attached hydrogens (primary N) is 1. The molecule has 1 heterocycles. The lowest BCUT2D eigenvalue weighted by atomic mass is 10.0. The molecule has 3 heteroatoms. The van der Waals surface area contributed by atoms with Crippen molar-refractivity contribution in [2.45, 2.75) is 44.4 Å². The summed E-state index contributed by atoms with van der Waals surface area (Å²) in [6, 6.07) is 11.6. The van der Waals surface area contributed by atoms with Crippen LogP contribution in [-0.2, 0) is 11.2 Å². The third kappa shape index (κ3) is 3.78.